The predicted octanol–water partition coefficient (Wildman–Crippen LogP) is 6.73. The van der Waals surface area contributed by atoms with Crippen LogP contribution in [0.3, 0.4) is 0 Å². The molecule has 0 aromatic heterocycles. The van der Waals surface area contributed by atoms with Gasteiger partial charge in [0.15, 0.2) is 0 Å². The maximum atomic E-state index is 9.68. The first-order chi connectivity index (χ1) is 22.1. The van der Waals surface area contributed by atoms with E-state index >= 15 is 0 Å². The summed E-state index contributed by atoms with van der Waals surface area (Å²) >= 11 is 0. The van der Waals surface area contributed by atoms with Crippen LogP contribution in [0.1, 0.15) is 135 Å². The van der Waals surface area contributed by atoms with E-state index < -0.39 is 113 Å². The Balaban J connectivity index is 3.94. The van der Waals surface area contributed by atoms with Crippen molar-refractivity contribution in [3.8, 4) is 11.5 Å². The van der Waals surface area contributed by atoms with Crippen molar-refractivity contribution in [3.63, 3.8) is 0 Å². The number of aromatic hydroxyl groups is 2. The summed E-state index contributed by atoms with van der Waals surface area (Å²) in [7, 11) is 0. The van der Waals surface area contributed by atoms with Gasteiger partial charge in [0, 0.05) is 45.8 Å². The minimum atomic E-state index is -5.03. The molecule has 0 heterocycles. The molecule has 0 fully saturated rings. The Morgan fingerprint density at radius 2 is 1.13 bits per heavy atom. The van der Waals surface area contributed by atoms with Crippen LogP contribution in [0.15, 0.2) is 18.2 Å². The van der Waals surface area contributed by atoms with Crippen LogP contribution >= 0.6 is 0 Å². The van der Waals surface area contributed by atoms with E-state index in [1.165, 1.54) is 0 Å². The van der Waals surface area contributed by atoms with Crippen molar-refractivity contribution in [1.29, 1.82) is 0 Å². The third-order valence-corrected chi connectivity index (χ3v) is 2.03. The van der Waals surface area contributed by atoms with Gasteiger partial charge in [-0.25, -0.2) is 0 Å². The zero-order valence-corrected chi connectivity index (χ0v) is 11.8. The number of hydrogen-bond acceptors (Lipinski definition) is 2. The monoisotopic (exact) mass is 349 g/mol. The lowest BCUT2D eigenvalue weighted by Gasteiger charge is -2.04. The van der Waals surface area contributed by atoms with Gasteiger partial charge in [-0.2, -0.15) is 0 Å². The molecule has 0 amide bonds. The lowest BCUT2D eigenvalue weighted by molar-refractivity contribution is 0.449. The third-order valence-electron chi connectivity index (χ3n) is 2.03. The summed E-state index contributed by atoms with van der Waals surface area (Å²) in [6.07, 6.45) is -62.2. The first kappa shape index (κ1) is 3.66. The van der Waals surface area contributed by atoms with Gasteiger partial charge in [-0.05, 0) is 30.5 Å². The van der Waals surface area contributed by atoms with Gasteiger partial charge in [-0.1, -0.05) is 83.3 Å². The molecule has 1 aromatic carbocycles. The molecule has 0 atom stereocenters. The SMILES string of the molecule is [2H]C([2H])([2H])C([2H])([2H])C([2H])([2H])C([2H])([2H])C([2H])([2H])C([2H])([2H])C([2H])([2H])C([2H])([2H])C([2H])([2H])C([2H])([2H])C([2H])([2H])C([2H])([2H])C([2H])([2H])C([2H])([2H])Cc1cc(O)cc(O)c1. The fraction of sp³-hybridized carbons (Fsp3) is 0.714. The summed E-state index contributed by atoms with van der Waals surface area (Å²) < 4.78 is 233. The van der Waals surface area contributed by atoms with E-state index in [9.17, 15) is 10.2 Å². The van der Waals surface area contributed by atoms with Gasteiger partial charge in [-0.15, -0.1) is 0 Å². The minimum Gasteiger partial charge on any atom is -0.508 e. The summed E-state index contributed by atoms with van der Waals surface area (Å²) in [5, 5.41) is 19.4. The van der Waals surface area contributed by atoms with Crippen LogP contribution in [0.5, 0.6) is 11.5 Å². The van der Waals surface area contributed by atoms with Crippen LogP contribution in [0.4, 0.5) is 0 Å². The van der Waals surface area contributed by atoms with Crippen molar-refractivity contribution < 1.29 is 50.0 Å². The first-order valence-corrected chi connectivity index (χ1v) is 6.14. The van der Waals surface area contributed by atoms with E-state index in [0.29, 0.717) is 0 Å². The van der Waals surface area contributed by atoms with Gasteiger partial charge in [0.25, 0.3) is 0 Å². The quantitative estimate of drug-likeness (QED) is 0.391. The highest BCUT2D eigenvalue weighted by atomic mass is 16.3. The Kier molecular flexibility index (Phi) is 2.11. The number of phenolic OH excluding ortho intramolecular Hbond substituents is 2. The maximum absolute atomic E-state index is 9.68. The van der Waals surface area contributed by atoms with Crippen molar-refractivity contribution in [3.05, 3.63) is 23.8 Å². The van der Waals surface area contributed by atoms with Crippen LogP contribution < -0.4 is 0 Å². The molecule has 2 nitrogen and oxygen atoms in total. The molecule has 0 saturated carbocycles. The fourth-order valence-corrected chi connectivity index (χ4v) is 1.26. The van der Waals surface area contributed by atoms with Crippen LogP contribution in [0.2, 0.25) is 0 Å². The molecule has 0 radical (unpaired) electrons. The second-order valence-electron chi connectivity index (χ2n) is 3.71. The number of hydrogen-bond donors (Lipinski definition) is 2. The van der Waals surface area contributed by atoms with Crippen molar-refractivity contribution in [2.45, 2.75) is 96.1 Å². The third kappa shape index (κ3) is 11.1. The highest BCUT2D eigenvalue weighted by Gasteiger charge is 1.99. The van der Waals surface area contributed by atoms with Crippen LogP contribution in [-0.2, 0) is 6.42 Å². The maximum Gasteiger partial charge on any atom is 0.119 e. The van der Waals surface area contributed by atoms with Crippen LogP contribution in [-0.4, -0.2) is 10.2 Å². The molecule has 132 valence electrons. The molecule has 1 aromatic rings. The molecule has 0 saturated heterocycles. The standard InChI is InChI=1S/C21H36O2/c1-2-3-4-5-6-7-8-9-10-11-12-13-14-15-19-16-20(22)18-21(23)17-19/h16-18,22-23H,2-15H2,1H3/i1D3,2D2,3D2,4D2,5D2,6D2,7D2,8D2,9D2,10D2,11D2,12D2,13D2,14D2. The predicted molar refractivity (Wildman–Crippen MR) is 99.2 cm³/mol. The largest absolute Gasteiger partial charge is 0.508 e. The molecule has 0 unspecified atom stereocenters. The van der Waals surface area contributed by atoms with Crippen LogP contribution in [0.25, 0.3) is 0 Å². The van der Waals surface area contributed by atoms with Gasteiger partial charge in [0.1, 0.15) is 11.5 Å². The fourth-order valence-electron chi connectivity index (χ4n) is 1.26. The molecule has 0 aliphatic rings. The molecule has 0 aliphatic carbocycles. The zero-order chi connectivity index (χ0) is 42.6. The van der Waals surface area contributed by atoms with Gasteiger partial charge in [0.2, 0.25) is 0 Å². The molecule has 23 heavy (non-hydrogen) atoms. The van der Waals surface area contributed by atoms with Crippen molar-refractivity contribution in [2.24, 2.45) is 0 Å². The minimum absolute atomic E-state index is 0.404. The Morgan fingerprint density at radius 3 is 1.61 bits per heavy atom. The van der Waals surface area contributed by atoms with E-state index in [0.717, 1.165) is 18.2 Å². The highest BCUT2D eigenvalue weighted by Crippen LogP contribution is 2.22. The molecule has 0 spiro atoms. The van der Waals surface area contributed by atoms with Gasteiger partial charge < -0.3 is 10.2 Å². The van der Waals surface area contributed by atoms with E-state index in [-0.39, 0.29) is 0 Å². The van der Waals surface area contributed by atoms with E-state index in [1.54, 1.807) is 0 Å². The molecular weight excluding hydrogens is 284 g/mol. The summed E-state index contributed by atoms with van der Waals surface area (Å²) in [4.78, 5) is 0. The molecule has 0 aliphatic heterocycles. The summed E-state index contributed by atoms with van der Waals surface area (Å²) in [6, 6.07) is 2.37. The second kappa shape index (κ2) is 13.3. The number of phenols is 2. The van der Waals surface area contributed by atoms with Gasteiger partial charge >= 0.3 is 0 Å². The second-order valence-corrected chi connectivity index (χ2v) is 3.71. The highest BCUT2D eigenvalue weighted by molar-refractivity contribution is 5.36. The molecular formula is C21H36O2. The zero-order valence-electron chi connectivity index (χ0n) is 40.8. The lowest BCUT2D eigenvalue weighted by Crippen LogP contribution is -1.87. The van der Waals surface area contributed by atoms with Crippen molar-refractivity contribution >= 4 is 0 Å². The molecule has 1 rings (SSSR count). The average Bonchev–Trinajstić information content (AvgIpc) is 2.90. The van der Waals surface area contributed by atoms with Crippen molar-refractivity contribution in [1.82, 2.24) is 0 Å². The van der Waals surface area contributed by atoms with Gasteiger partial charge in [-0.3, -0.25) is 0 Å². The first-order valence-electron chi connectivity index (χ1n) is 20.6. The summed E-state index contributed by atoms with van der Waals surface area (Å²) in [5.41, 5.74) is -0.404. The van der Waals surface area contributed by atoms with Gasteiger partial charge in [0.05, 0.1) is 0 Å². The summed E-state index contributed by atoms with van der Waals surface area (Å²) in [6.45, 7) is -4.08. The van der Waals surface area contributed by atoms with E-state index in [4.69, 9.17) is 39.8 Å². The Hall–Kier alpha value is -1.18. The lowest BCUT2D eigenvalue weighted by atomic mass is 10.0. The Bertz CT molecular complexity index is 1450. The Morgan fingerprint density at radius 1 is 0.696 bits per heavy atom. The molecule has 2 N–H and O–H groups in total. The smallest absolute Gasteiger partial charge is 0.119 e. The molecule has 2 heteroatoms. The van der Waals surface area contributed by atoms with E-state index in [2.05, 4.69) is 0 Å². The molecule has 0 bridgehead atoms. The van der Waals surface area contributed by atoms with Crippen molar-refractivity contribution in [2.75, 3.05) is 0 Å². The number of rotatable bonds is 14. The summed E-state index contributed by atoms with van der Waals surface area (Å²) in [5.74, 6) is -1.34. The topological polar surface area (TPSA) is 40.5 Å². The normalized spacial score (nSPS) is 38.3. The van der Waals surface area contributed by atoms with E-state index in [1.807, 2.05) is 0 Å². The number of aryl methyl sites for hydroxylation is 1. The Labute approximate surface area is 183 Å². The average molecular weight is 350 g/mol. The number of benzene rings is 1. The van der Waals surface area contributed by atoms with Crippen LogP contribution in [0, 0.1) is 0 Å².